The summed E-state index contributed by atoms with van der Waals surface area (Å²) in [6.07, 6.45) is 3.21. The largest absolute Gasteiger partial charge is 0.386 e. The molecule has 0 spiro atoms. The molecule has 1 amide bonds. The molecule has 3 saturated carbocycles. The second-order valence-electron chi connectivity index (χ2n) is 10.1. The van der Waals surface area contributed by atoms with Crippen LogP contribution in [0.4, 0.5) is 5.95 Å². The molecule has 1 atom stereocenters. The van der Waals surface area contributed by atoms with Gasteiger partial charge in [-0.2, -0.15) is 0 Å². The summed E-state index contributed by atoms with van der Waals surface area (Å²) in [6, 6.07) is 15.0. The van der Waals surface area contributed by atoms with Gasteiger partial charge in [0.15, 0.2) is 0 Å². The highest BCUT2D eigenvalue weighted by molar-refractivity contribution is 5.92. The third-order valence-electron chi connectivity index (χ3n) is 6.99. The number of aromatic nitrogens is 2. The predicted octanol–water partition coefficient (Wildman–Crippen LogP) is 4.01. The van der Waals surface area contributed by atoms with Crippen molar-refractivity contribution in [3.05, 3.63) is 59.7 Å². The minimum absolute atomic E-state index is 0.00218. The standard InChI is InChI=1S/C25H29N3O3/c1-23(2,30)18-9-10-19-20(11-18)28(25-12-16(13-25)14-25)22(26-19)27-21(29)15-24(3,31)17-7-5-4-6-8-17/h4-11,16,30-31H,12-15H2,1-3H3,(H,26,27,29). The van der Waals surface area contributed by atoms with Crippen LogP contribution in [0, 0.1) is 5.92 Å². The zero-order valence-electron chi connectivity index (χ0n) is 18.2. The summed E-state index contributed by atoms with van der Waals surface area (Å²) in [6.45, 7) is 5.19. The molecule has 1 heterocycles. The van der Waals surface area contributed by atoms with Gasteiger partial charge in [-0.3, -0.25) is 10.1 Å². The Kier molecular flexibility index (Phi) is 4.33. The van der Waals surface area contributed by atoms with Crippen molar-refractivity contribution < 1.29 is 15.0 Å². The average Bonchev–Trinajstić information content (AvgIpc) is 2.96. The molecule has 0 radical (unpaired) electrons. The van der Waals surface area contributed by atoms with E-state index in [1.54, 1.807) is 20.8 Å². The molecule has 1 unspecified atom stereocenters. The van der Waals surface area contributed by atoms with Gasteiger partial charge in [0.25, 0.3) is 0 Å². The second kappa shape index (κ2) is 6.65. The number of anilines is 1. The normalized spacial score (nSPS) is 24.2. The van der Waals surface area contributed by atoms with E-state index in [0.717, 1.165) is 41.8 Å². The van der Waals surface area contributed by atoms with Crippen molar-refractivity contribution in [2.24, 2.45) is 5.92 Å². The van der Waals surface area contributed by atoms with Crippen molar-refractivity contribution in [2.45, 2.75) is 63.2 Å². The Hall–Kier alpha value is -2.70. The Labute approximate surface area is 181 Å². The van der Waals surface area contributed by atoms with Crippen LogP contribution in [0.5, 0.6) is 0 Å². The number of carbonyl (C=O) groups excluding carboxylic acids is 1. The highest BCUT2D eigenvalue weighted by atomic mass is 16.3. The molecule has 0 aliphatic heterocycles. The summed E-state index contributed by atoms with van der Waals surface area (Å²) in [5.74, 6) is 1.01. The molecule has 3 aliphatic rings. The quantitative estimate of drug-likeness (QED) is 0.563. The molecule has 3 aromatic rings. The predicted molar refractivity (Wildman–Crippen MR) is 120 cm³/mol. The highest BCUT2D eigenvalue weighted by Crippen LogP contribution is 2.63. The van der Waals surface area contributed by atoms with Crippen LogP contribution in [0.25, 0.3) is 11.0 Å². The summed E-state index contributed by atoms with van der Waals surface area (Å²) >= 11 is 0. The van der Waals surface area contributed by atoms with Gasteiger partial charge in [0.1, 0.15) is 0 Å². The minimum Gasteiger partial charge on any atom is -0.386 e. The maximum Gasteiger partial charge on any atom is 0.229 e. The van der Waals surface area contributed by atoms with Gasteiger partial charge in [0.05, 0.1) is 28.7 Å². The summed E-state index contributed by atoms with van der Waals surface area (Å²) < 4.78 is 2.16. The van der Waals surface area contributed by atoms with Crippen molar-refractivity contribution in [2.75, 3.05) is 5.32 Å². The molecule has 2 aromatic carbocycles. The number of amides is 1. The second-order valence-corrected chi connectivity index (χ2v) is 10.1. The van der Waals surface area contributed by atoms with Crippen LogP contribution in [-0.2, 0) is 21.5 Å². The topological polar surface area (TPSA) is 87.4 Å². The van der Waals surface area contributed by atoms with Crippen LogP contribution < -0.4 is 5.32 Å². The highest BCUT2D eigenvalue weighted by Gasteiger charge is 2.59. The first-order valence-corrected chi connectivity index (χ1v) is 10.9. The van der Waals surface area contributed by atoms with Gasteiger partial charge in [-0.25, -0.2) is 4.98 Å². The van der Waals surface area contributed by atoms with E-state index in [1.165, 1.54) is 0 Å². The molecule has 0 saturated heterocycles. The lowest BCUT2D eigenvalue weighted by Gasteiger charge is -2.62. The maximum atomic E-state index is 12.9. The SMILES string of the molecule is CC(C)(O)c1ccc2nc(NC(=O)CC(C)(O)c3ccccc3)n(C34CC(C3)C4)c2c1. The molecular weight excluding hydrogens is 390 g/mol. The van der Waals surface area contributed by atoms with Crippen molar-refractivity contribution in [3.8, 4) is 0 Å². The van der Waals surface area contributed by atoms with E-state index in [1.807, 2.05) is 48.5 Å². The Morgan fingerprint density at radius 1 is 1.10 bits per heavy atom. The van der Waals surface area contributed by atoms with E-state index in [9.17, 15) is 15.0 Å². The van der Waals surface area contributed by atoms with Crippen LogP contribution in [0.3, 0.4) is 0 Å². The van der Waals surface area contributed by atoms with Crippen LogP contribution in [-0.4, -0.2) is 25.7 Å². The van der Waals surface area contributed by atoms with Gasteiger partial charge < -0.3 is 14.8 Å². The molecule has 3 fully saturated rings. The van der Waals surface area contributed by atoms with Gasteiger partial charge in [-0.15, -0.1) is 0 Å². The number of benzene rings is 2. The van der Waals surface area contributed by atoms with Crippen molar-refractivity contribution >= 4 is 22.9 Å². The number of fused-ring (bicyclic) bond motifs is 1. The molecule has 31 heavy (non-hydrogen) atoms. The van der Waals surface area contributed by atoms with Crippen LogP contribution >= 0.6 is 0 Å². The number of imidazole rings is 1. The van der Waals surface area contributed by atoms with Gasteiger partial charge >= 0.3 is 0 Å². The third kappa shape index (κ3) is 3.34. The summed E-state index contributed by atoms with van der Waals surface area (Å²) in [5.41, 5.74) is 1.02. The van der Waals surface area contributed by atoms with E-state index >= 15 is 0 Å². The Balaban J connectivity index is 1.48. The average molecular weight is 420 g/mol. The molecule has 162 valence electrons. The molecule has 3 aliphatic carbocycles. The minimum atomic E-state index is -1.27. The summed E-state index contributed by atoms with van der Waals surface area (Å²) in [5, 5.41) is 24.3. The van der Waals surface area contributed by atoms with Crippen molar-refractivity contribution in [3.63, 3.8) is 0 Å². The fourth-order valence-electron chi connectivity index (χ4n) is 5.11. The Bertz CT molecular complexity index is 1140. The lowest BCUT2D eigenvalue weighted by molar-refractivity contribution is -0.121. The summed E-state index contributed by atoms with van der Waals surface area (Å²) in [7, 11) is 0. The van der Waals surface area contributed by atoms with Gasteiger partial charge in [-0.05, 0) is 69.2 Å². The first kappa shape index (κ1) is 20.2. The van der Waals surface area contributed by atoms with E-state index in [4.69, 9.17) is 4.98 Å². The zero-order chi connectivity index (χ0) is 22.0. The lowest BCUT2D eigenvalue weighted by Crippen LogP contribution is -2.59. The molecule has 3 N–H and O–H groups in total. The Morgan fingerprint density at radius 2 is 1.77 bits per heavy atom. The fourth-order valence-corrected chi connectivity index (χ4v) is 5.11. The van der Waals surface area contributed by atoms with E-state index < -0.39 is 11.2 Å². The molecule has 6 heteroatoms. The van der Waals surface area contributed by atoms with E-state index in [2.05, 4.69) is 9.88 Å². The number of hydrogen-bond donors (Lipinski definition) is 3. The number of rotatable bonds is 6. The monoisotopic (exact) mass is 419 g/mol. The van der Waals surface area contributed by atoms with Gasteiger partial charge in [0.2, 0.25) is 11.9 Å². The molecular formula is C25H29N3O3. The van der Waals surface area contributed by atoms with Crippen molar-refractivity contribution in [1.82, 2.24) is 9.55 Å². The zero-order valence-corrected chi connectivity index (χ0v) is 18.2. The molecule has 1 aromatic heterocycles. The first-order chi connectivity index (χ1) is 14.6. The van der Waals surface area contributed by atoms with E-state index in [-0.39, 0.29) is 17.9 Å². The van der Waals surface area contributed by atoms with Crippen molar-refractivity contribution in [1.29, 1.82) is 0 Å². The Morgan fingerprint density at radius 3 is 2.35 bits per heavy atom. The van der Waals surface area contributed by atoms with Crippen LogP contribution in [0.1, 0.15) is 57.6 Å². The summed E-state index contributed by atoms with van der Waals surface area (Å²) in [4.78, 5) is 17.7. The fraction of sp³-hybridized carbons (Fsp3) is 0.440. The number of nitrogens with zero attached hydrogens (tertiary/aromatic N) is 2. The number of aliphatic hydroxyl groups is 2. The molecule has 6 rings (SSSR count). The van der Waals surface area contributed by atoms with E-state index in [0.29, 0.717) is 11.5 Å². The van der Waals surface area contributed by atoms with Gasteiger partial charge in [0, 0.05) is 5.54 Å². The maximum absolute atomic E-state index is 12.9. The van der Waals surface area contributed by atoms with Crippen LogP contribution in [0.2, 0.25) is 0 Å². The first-order valence-electron chi connectivity index (χ1n) is 10.9. The lowest BCUT2D eigenvalue weighted by atomic mass is 9.49. The molecule has 6 nitrogen and oxygen atoms in total. The number of hydrogen-bond acceptors (Lipinski definition) is 4. The third-order valence-corrected chi connectivity index (χ3v) is 6.99. The van der Waals surface area contributed by atoms with Gasteiger partial charge in [-0.1, -0.05) is 36.4 Å². The molecule has 2 bridgehead atoms. The van der Waals surface area contributed by atoms with Crippen LogP contribution in [0.15, 0.2) is 48.5 Å². The number of carbonyl (C=O) groups is 1. The number of nitrogens with one attached hydrogen (secondary N) is 1. The smallest absolute Gasteiger partial charge is 0.229 e.